The largest absolute Gasteiger partial charge is 0.496 e. The molecule has 96 valence electrons. The van der Waals surface area contributed by atoms with Crippen LogP contribution in [0.1, 0.15) is 25.3 Å². The van der Waals surface area contributed by atoms with Crippen molar-refractivity contribution in [3.05, 3.63) is 28.8 Å². The summed E-state index contributed by atoms with van der Waals surface area (Å²) in [5.74, 6) is 0.678. The predicted octanol–water partition coefficient (Wildman–Crippen LogP) is 2.41. The monoisotopic (exact) mass is 258 g/mol. The summed E-state index contributed by atoms with van der Waals surface area (Å²) in [6.45, 7) is 1.97. The van der Waals surface area contributed by atoms with Crippen molar-refractivity contribution >= 4 is 11.6 Å². The highest BCUT2D eigenvalue weighted by Gasteiger charge is 2.17. The average molecular weight is 259 g/mol. The molecule has 0 amide bonds. The molecule has 0 saturated heterocycles. The highest BCUT2D eigenvalue weighted by Crippen LogP contribution is 2.24. The van der Waals surface area contributed by atoms with Crippen LogP contribution in [0.5, 0.6) is 5.75 Å². The molecule has 0 aliphatic rings. The number of ether oxygens (including phenoxy) is 1. The molecule has 0 radical (unpaired) electrons. The Hall–Kier alpha value is -0.770. The zero-order valence-corrected chi connectivity index (χ0v) is 10.9. The van der Waals surface area contributed by atoms with Gasteiger partial charge in [0, 0.05) is 11.4 Å². The van der Waals surface area contributed by atoms with Gasteiger partial charge in [-0.3, -0.25) is 0 Å². The van der Waals surface area contributed by atoms with E-state index in [-0.39, 0.29) is 0 Å². The summed E-state index contributed by atoms with van der Waals surface area (Å²) in [5, 5.41) is 20.1. The van der Waals surface area contributed by atoms with Crippen LogP contribution in [0.3, 0.4) is 0 Å². The van der Waals surface area contributed by atoms with Crippen LogP contribution < -0.4 is 4.74 Å². The van der Waals surface area contributed by atoms with Gasteiger partial charge in [0.25, 0.3) is 0 Å². The van der Waals surface area contributed by atoms with Crippen LogP contribution in [0.2, 0.25) is 5.02 Å². The molecule has 0 aliphatic carbocycles. The van der Waals surface area contributed by atoms with Crippen molar-refractivity contribution in [3.8, 4) is 5.75 Å². The molecule has 2 unspecified atom stereocenters. The third-order valence-corrected chi connectivity index (χ3v) is 2.94. The fourth-order valence-corrected chi connectivity index (χ4v) is 1.95. The maximum atomic E-state index is 9.86. The Morgan fingerprint density at radius 1 is 1.29 bits per heavy atom. The van der Waals surface area contributed by atoms with Crippen LogP contribution in [0.25, 0.3) is 0 Å². The van der Waals surface area contributed by atoms with Crippen molar-refractivity contribution in [1.82, 2.24) is 0 Å². The number of benzene rings is 1. The Bertz CT molecular complexity index is 355. The average Bonchev–Trinajstić information content (AvgIpc) is 2.29. The summed E-state index contributed by atoms with van der Waals surface area (Å²) >= 11 is 5.90. The molecule has 0 heterocycles. The van der Waals surface area contributed by atoms with Gasteiger partial charge >= 0.3 is 0 Å². The minimum absolute atomic E-state index is 0.338. The molecule has 1 aromatic rings. The maximum absolute atomic E-state index is 9.86. The van der Waals surface area contributed by atoms with E-state index in [0.29, 0.717) is 23.6 Å². The molecule has 4 heteroatoms. The molecule has 0 aromatic heterocycles. The summed E-state index contributed by atoms with van der Waals surface area (Å²) in [6, 6.07) is 5.25. The molecule has 0 spiro atoms. The Balaban J connectivity index is 2.76. The summed E-state index contributed by atoms with van der Waals surface area (Å²) in [6.07, 6.45) is 0.269. The van der Waals surface area contributed by atoms with E-state index in [1.165, 1.54) is 0 Å². The third-order valence-electron chi connectivity index (χ3n) is 2.70. The molecule has 0 bridgehead atoms. The van der Waals surface area contributed by atoms with Crippen LogP contribution in [-0.2, 0) is 6.42 Å². The molecule has 2 atom stereocenters. The van der Waals surface area contributed by atoms with Crippen LogP contribution >= 0.6 is 11.6 Å². The van der Waals surface area contributed by atoms with Crippen molar-refractivity contribution in [2.45, 2.75) is 38.4 Å². The van der Waals surface area contributed by atoms with Crippen molar-refractivity contribution < 1.29 is 14.9 Å². The van der Waals surface area contributed by atoms with Gasteiger partial charge in [0.05, 0.1) is 19.3 Å². The van der Waals surface area contributed by atoms with Gasteiger partial charge in [0.2, 0.25) is 0 Å². The van der Waals surface area contributed by atoms with E-state index in [4.69, 9.17) is 16.3 Å². The second-order valence-electron chi connectivity index (χ2n) is 4.08. The quantitative estimate of drug-likeness (QED) is 0.824. The van der Waals surface area contributed by atoms with Crippen molar-refractivity contribution in [2.75, 3.05) is 7.11 Å². The maximum Gasteiger partial charge on any atom is 0.122 e. The lowest BCUT2D eigenvalue weighted by atomic mass is 10.0. The molecule has 1 rings (SSSR count). The van der Waals surface area contributed by atoms with Crippen LogP contribution in [0.15, 0.2) is 18.2 Å². The first-order chi connectivity index (χ1) is 8.08. The van der Waals surface area contributed by atoms with E-state index in [2.05, 4.69) is 0 Å². The second kappa shape index (κ2) is 6.84. The fraction of sp³-hybridized carbons (Fsp3) is 0.538. The zero-order valence-electron chi connectivity index (χ0n) is 10.2. The molecular formula is C13H19ClO3. The Labute approximate surface area is 107 Å². The third kappa shape index (κ3) is 4.19. The van der Waals surface area contributed by atoms with Gasteiger partial charge in [-0.05, 0) is 30.2 Å². The van der Waals surface area contributed by atoms with Gasteiger partial charge in [0.15, 0.2) is 0 Å². The van der Waals surface area contributed by atoms with Gasteiger partial charge in [-0.25, -0.2) is 0 Å². The number of hydrogen-bond acceptors (Lipinski definition) is 3. The van der Waals surface area contributed by atoms with Crippen molar-refractivity contribution in [3.63, 3.8) is 0 Å². The number of aliphatic hydroxyl groups excluding tert-OH is 2. The van der Waals surface area contributed by atoms with Gasteiger partial charge < -0.3 is 14.9 Å². The second-order valence-corrected chi connectivity index (χ2v) is 4.52. The summed E-state index contributed by atoms with van der Waals surface area (Å²) in [7, 11) is 1.57. The number of rotatable bonds is 6. The van der Waals surface area contributed by atoms with Crippen LogP contribution in [0.4, 0.5) is 0 Å². The lowest BCUT2D eigenvalue weighted by Crippen LogP contribution is -2.27. The molecule has 0 saturated carbocycles. The SMILES string of the molecule is CCCC(O)C(O)Cc1cc(Cl)ccc1OC. The molecule has 3 nitrogen and oxygen atoms in total. The van der Waals surface area contributed by atoms with Gasteiger partial charge in [-0.15, -0.1) is 0 Å². The highest BCUT2D eigenvalue weighted by molar-refractivity contribution is 6.30. The smallest absolute Gasteiger partial charge is 0.122 e. The molecular weight excluding hydrogens is 240 g/mol. The van der Waals surface area contributed by atoms with E-state index >= 15 is 0 Å². The number of methoxy groups -OCH3 is 1. The van der Waals surface area contributed by atoms with E-state index in [1.807, 2.05) is 6.92 Å². The first-order valence-electron chi connectivity index (χ1n) is 5.77. The topological polar surface area (TPSA) is 49.7 Å². The lowest BCUT2D eigenvalue weighted by molar-refractivity contribution is 0.0145. The molecule has 2 N–H and O–H groups in total. The Morgan fingerprint density at radius 3 is 2.59 bits per heavy atom. The Kier molecular flexibility index (Phi) is 5.75. The summed E-state index contributed by atoms with van der Waals surface area (Å²) in [5.41, 5.74) is 0.808. The fourth-order valence-electron chi connectivity index (χ4n) is 1.76. The van der Waals surface area contributed by atoms with Crippen molar-refractivity contribution in [1.29, 1.82) is 0 Å². The molecule has 0 fully saturated rings. The summed E-state index contributed by atoms with van der Waals surface area (Å²) < 4.78 is 5.19. The minimum atomic E-state index is -0.790. The van der Waals surface area contributed by atoms with E-state index in [0.717, 1.165) is 12.0 Å². The summed E-state index contributed by atoms with van der Waals surface area (Å²) in [4.78, 5) is 0. The van der Waals surface area contributed by atoms with Gasteiger partial charge in [0.1, 0.15) is 5.75 Å². The van der Waals surface area contributed by atoms with Gasteiger partial charge in [-0.2, -0.15) is 0 Å². The minimum Gasteiger partial charge on any atom is -0.496 e. The predicted molar refractivity (Wildman–Crippen MR) is 68.6 cm³/mol. The van der Waals surface area contributed by atoms with E-state index < -0.39 is 12.2 Å². The number of hydrogen-bond donors (Lipinski definition) is 2. The number of aliphatic hydroxyl groups is 2. The Morgan fingerprint density at radius 2 is 2.00 bits per heavy atom. The standard InChI is InChI=1S/C13H19ClO3/c1-3-4-11(15)12(16)8-9-7-10(14)5-6-13(9)17-2/h5-7,11-12,15-16H,3-4,8H2,1-2H3. The number of halogens is 1. The van der Waals surface area contributed by atoms with Gasteiger partial charge in [-0.1, -0.05) is 24.9 Å². The lowest BCUT2D eigenvalue weighted by Gasteiger charge is -2.18. The first kappa shape index (κ1) is 14.3. The van der Waals surface area contributed by atoms with E-state index in [9.17, 15) is 10.2 Å². The molecule has 1 aromatic carbocycles. The van der Waals surface area contributed by atoms with E-state index in [1.54, 1.807) is 25.3 Å². The highest BCUT2D eigenvalue weighted by atomic mass is 35.5. The van der Waals surface area contributed by atoms with Crippen LogP contribution in [-0.4, -0.2) is 29.5 Å². The molecule has 17 heavy (non-hydrogen) atoms. The van der Waals surface area contributed by atoms with Crippen molar-refractivity contribution in [2.24, 2.45) is 0 Å². The van der Waals surface area contributed by atoms with Crippen LogP contribution in [0, 0.1) is 0 Å². The zero-order chi connectivity index (χ0) is 12.8. The molecule has 0 aliphatic heterocycles. The first-order valence-corrected chi connectivity index (χ1v) is 6.14. The normalized spacial score (nSPS) is 14.4.